The van der Waals surface area contributed by atoms with Gasteiger partial charge in [0.25, 0.3) is 0 Å². The minimum absolute atomic E-state index is 0.0762. The van der Waals surface area contributed by atoms with Crippen LogP contribution in [0.3, 0.4) is 0 Å². The molecule has 1 N–H and O–H groups in total. The maximum absolute atomic E-state index is 12.2. The number of piperazine rings is 1. The molecule has 3 rings (SSSR count). The summed E-state index contributed by atoms with van der Waals surface area (Å²) in [6.07, 6.45) is 0. The summed E-state index contributed by atoms with van der Waals surface area (Å²) in [4.78, 5) is 26.4. The normalized spacial score (nSPS) is 17.2. The van der Waals surface area contributed by atoms with Crippen LogP contribution in [0.2, 0.25) is 0 Å². The van der Waals surface area contributed by atoms with Gasteiger partial charge < -0.3 is 15.0 Å². The summed E-state index contributed by atoms with van der Waals surface area (Å²) in [5.41, 5.74) is 0.881. The number of methoxy groups -OCH3 is 1. The fraction of sp³-hybridized carbons (Fsp3) is 0.550. The summed E-state index contributed by atoms with van der Waals surface area (Å²) >= 11 is 0. The molecule has 146 valence electrons. The number of benzene rings is 1. The number of hydrogen-bond acceptors (Lipinski definition) is 7. The topological polar surface area (TPSA) is 70.6 Å². The van der Waals surface area contributed by atoms with Crippen molar-refractivity contribution in [3.05, 3.63) is 30.1 Å². The molecule has 1 fully saturated rings. The summed E-state index contributed by atoms with van der Waals surface area (Å²) < 4.78 is 4.96. The zero-order valence-electron chi connectivity index (χ0n) is 16.6. The van der Waals surface area contributed by atoms with Crippen molar-refractivity contribution in [2.45, 2.75) is 26.4 Å². The minimum atomic E-state index is -0.454. The Labute approximate surface area is 160 Å². The predicted octanol–water partition coefficient (Wildman–Crippen LogP) is 1.99. The van der Waals surface area contributed by atoms with Crippen molar-refractivity contribution < 1.29 is 9.53 Å². The smallest absolute Gasteiger partial charge is 0.328 e. The molecule has 1 aliphatic rings. The maximum atomic E-state index is 12.2. The number of para-hydroxylation sites is 1. The molecule has 0 radical (unpaired) electrons. The van der Waals surface area contributed by atoms with Crippen LogP contribution in [0.5, 0.6) is 0 Å². The highest BCUT2D eigenvalue weighted by atomic mass is 16.5. The standard InChI is InChI=1S/C20H29N5O2/c1-14(2)18(20(26)27-4)23-19-15-7-5-6-8-16(15)21-17(22-19)13-25-11-9-24(3)10-12-25/h5-8,14,18H,9-13H2,1-4H3,(H,21,22,23). The minimum Gasteiger partial charge on any atom is -0.467 e. The maximum Gasteiger partial charge on any atom is 0.328 e. The molecule has 1 atom stereocenters. The molecule has 1 aromatic carbocycles. The molecular formula is C20H29N5O2. The molecule has 1 unspecified atom stereocenters. The SMILES string of the molecule is COC(=O)C(Nc1nc(CN2CCN(C)CC2)nc2ccccc12)C(C)C. The lowest BCUT2D eigenvalue weighted by Gasteiger charge is -2.31. The van der Waals surface area contributed by atoms with Crippen LogP contribution in [0, 0.1) is 5.92 Å². The lowest BCUT2D eigenvalue weighted by atomic mass is 10.0. The number of rotatable bonds is 6. The van der Waals surface area contributed by atoms with E-state index in [0.29, 0.717) is 12.4 Å². The van der Waals surface area contributed by atoms with E-state index in [1.165, 1.54) is 7.11 Å². The first-order valence-corrected chi connectivity index (χ1v) is 9.49. The quantitative estimate of drug-likeness (QED) is 0.779. The Bertz CT molecular complexity index is 787. The first-order chi connectivity index (χ1) is 13.0. The average Bonchev–Trinajstić information content (AvgIpc) is 2.67. The summed E-state index contributed by atoms with van der Waals surface area (Å²) in [7, 11) is 3.56. The number of carbonyl (C=O) groups is 1. The molecule has 2 heterocycles. The van der Waals surface area contributed by atoms with Gasteiger partial charge in [0.1, 0.15) is 17.7 Å². The summed E-state index contributed by atoms with van der Waals surface area (Å²) in [5, 5.41) is 4.22. The number of aromatic nitrogens is 2. The Morgan fingerprint density at radius 1 is 1.19 bits per heavy atom. The highest BCUT2D eigenvalue weighted by Gasteiger charge is 2.25. The second-order valence-electron chi connectivity index (χ2n) is 7.47. The fourth-order valence-electron chi connectivity index (χ4n) is 3.28. The van der Waals surface area contributed by atoms with Gasteiger partial charge >= 0.3 is 5.97 Å². The fourth-order valence-corrected chi connectivity index (χ4v) is 3.28. The van der Waals surface area contributed by atoms with E-state index in [-0.39, 0.29) is 11.9 Å². The molecule has 0 amide bonds. The van der Waals surface area contributed by atoms with Gasteiger partial charge in [-0.1, -0.05) is 26.0 Å². The largest absolute Gasteiger partial charge is 0.467 e. The molecule has 27 heavy (non-hydrogen) atoms. The third kappa shape index (κ3) is 4.73. The third-order valence-electron chi connectivity index (χ3n) is 5.02. The summed E-state index contributed by atoms with van der Waals surface area (Å²) in [6, 6.07) is 7.44. The predicted molar refractivity (Wildman–Crippen MR) is 107 cm³/mol. The first-order valence-electron chi connectivity index (χ1n) is 9.49. The van der Waals surface area contributed by atoms with Crippen molar-refractivity contribution in [1.29, 1.82) is 0 Å². The molecule has 7 heteroatoms. The van der Waals surface area contributed by atoms with Crippen LogP contribution >= 0.6 is 0 Å². The van der Waals surface area contributed by atoms with Gasteiger partial charge in [-0.25, -0.2) is 14.8 Å². The molecule has 1 saturated heterocycles. The highest BCUT2D eigenvalue weighted by Crippen LogP contribution is 2.23. The second kappa shape index (κ2) is 8.63. The molecule has 0 bridgehead atoms. The zero-order valence-corrected chi connectivity index (χ0v) is 16.6. The number of nitrogens with zero attached hydrogens (tertiary/aromatic N) is 4. The van der Waals surface area contributed by atoms with E-state index >= 15 is 0 Å². The van der Waals surface area contributed by atoms with E-state index in [4.69, 9.17) is 14.7 Å². The molecule has 0 spiro atoms. The van der Waals surface area contributed by atoms with E-state index in [0.717, 1.165) is 42.9 Å². The van der Waals surface area contributed by atoms with Gasteiger partial charge in [0.15, 0.2) is 0 Å². The summed E-state index contributed by atoms with van der Waals surface area (Å²) in [6.45, 7) is 8.80. The number of nitrogens with one attached hydrogen (secondary N) is 1. The third-order valence-corrected chi connectivity index (χ3v) is 5.02. The van der Waals surface area contributed by atoms with Crippen LogP contribution in [-0.4, -0.2) is 72.1 Å². The zero-order chi connectivity index (χ0) is 19.4. The van der Waals surface area contributed by atoms with Crippen LogP contribution in [0.4, 0.5) is 5.82 Å². The second-order valence-corrected chi connectivity index (χ2v) is 7.47. The lowest BCUT2D eigenvalue weighted by Crippen LogP contribution is -2.44. The Hall–Kier alpha value is -2.25. The number of hydrogen-bond donors (Lipinski definition) is 1. The van der Waals surface area contributed by atoms with E-state index in [1.54, 1.807) is 0 Å². The molecule has 1 aliphatic heterocycles. The van der Waals surface area contributed by atoms with Crippen LogP contribution < -0.4 is 5.32 Å². The molecule has 7 nitrogen and oxygen atoms in total. The number of fused-ring (bicyclic) bond motifs is 1. The average molecular weight is 371 g/mol. The van der Waals surface area contributed by atoms with Gasteiger partial charge in [0, 0.05) is 31.6 Å². The van der Waals surface area contributed by atoms with Crippen molar-refractivity contribution in [2.75, 3.05) is 45.7 Å². The number of anilines is 1. The van der Waals surface area contributed by atoms with Crippen molar-refractivity contribution in [2.24, 2.45) is 5.92 Å². The van der Waals surface area contributed by atoms with Crippen molar-refractivity contribution in [1.82, 2.24) is 19.8 Å². The monoisotopic (exact) mass is 371 g/mol. The lowest BCUT2D eigenvalue weighted by molar-refractivity contribution is -0.142. The van der Waals surface area contributed by atoms with Crippen LogP contribution in [-0.2, 0) is 16.1 Å². The Kier molecular flexibility index (Phi) is 6.23. The molecule has 1 aromatic heterocycles. The Balaban J connectivity index is 1.89. The molecule has 0 aliphatic carbocycles. The Morgan fingerprint density at radius 2 is 1.89 bits per heavy atom. The van der Waals surface area contributed by atoms with E-state index in [1.807, 2.05) is 38.1 Å². The molecular weight excluding hydrogens is 342 g/mol. The van der Waals surface area contributed by atoms with Gasteiger partial charge in [0.05, 0.1) is 19.2 Å². The van der Waals surface area contributed by atoms with E-state index < -0.39 is 6.04 Å². The Morgan fingerprint density at radius 3 is 2.56 bits per heavy atom. The molecule has 2 aromatic rings. The van der Waals surface area contributed by atoms with Gasteiger partial charge in [-0.15, -0.1) is 0 Å². The first kappa shape index (κ1) is 19.5. The number of esters is 1. The van der Waals surface area contributed by atoms with E-state index in [2.05, 4.69) is 22.2 Å². The van der Waals surface area contributed by atoms with Crippen molar-refractivity contribution in [3.8, 4) is 0 Å². The van der Waals surface area contributed by atoms with Crippen LogP contribution in [0.25, 0.3) is 10.9 Å². The van der Waals surface area contributed by atoms with Gasteiger partial charge in [-0.2, -0.15) is 0 Å². The highest BCUT2D eigenvalue weighted by molar-refractivity contribution is 5.91. The number of ether oxygens (including phenoxy) is 1. The van der Waals surface area contributed by atoms with Gasteiger partial charge in [-0.3, -0.25) is 4.90 Å². The van der Waals surface area contributed by atoms with Gasteiger partial charge in [-0.05, 0) is 25.1 Å². The summed E-state index contributed by atoms with van der Waals surface area (Å²) in [5.74, 6) is 1.25. The van der Waals surface area contributed by atoms with Gasteiger partial charge in [0.2, 0.25) is 0 Å². The van der Waals surface area contributed by atoms with Crippen LogP contribution in [0.1, 0.15) is 19.7 Å². The number of likely N-dealkylation sites (N-methyl/N-ethyl adjacent to an activating group) is 1. The van der Waals surface area contributed by atoms with Crippen LogP contribution in [0.15, 0.2) is 24.3 Å². The van der Waals surface area contributed by atoms with Crippen molar-refractivity contribution >= 4 is 22.7 Å². The molecule has 0 saturated carbocycles. The number of carbonyl (C=O) groups excluding carboxylic acids is 1. The van der Waals surface area contributed by atoms with E-state index in [9.17, 15) is 4.79 Å². The van der Waals surface area contributed by atoms with Crippen molar-refractivity contribution in [3.63, 3.8) is 0 Å².